The Morgan fingerprint density at radius 3 is 2.54 bits per heavy atom. The van der Waals surface area contributed by atoms with Gasteiger partial charge >= 0.3 is 0 Å². The van der Waals surface area contributed by atoms with Crippen molar-refractivity contribution in [3.8, 4) is 11.3 Å². The Labute approximate surface area is 238 Å². The van der Waals surface area contributed by atoms with Crippen LogP contribution in [0, 0.1) is 0 Å². The van der Waals surface area contributed by atoms with Crippen LogP contribution in [0.25, 0.3) is 39.3 Å². The van der Waals surface area contributed by atoms with Crippen LogP contribution in [0.3, 0.4) is 0 Å². The zero-order chi connectivity index (χ0) is 28.3. The molecule has 2 aliphatic carbocycles. The lowest BCUT2D eigenvalue weighted by Crippen LogP contribution is -2.36. The summed E-state index contributed by atoms with van der Waals surface area (Å²) >= 11 is 0. The Hall–Kier alpha value is -4.39. The Kier molecular flexibility index (Phi) is 6.00. The number of hydrogen-bond acceptors (Lipinski definition) is 4. The van der Waals surface area contributed by atoms with Crippen molar-refractivity contribution in [2.75, 3.05) is 0 Å². The van der Waals surface area contributed by atoms with Gasteiger partial charge in [-0.3, -0.25) is 9.59 Å². The van der Waals surface area contributed by atoms with Gasteiger partial charge in [0.2, 0.25) is 0 Å². The number of aromatic nitrogens is 3. The van der Waals surface area contributed by atoms with Crippen LogP contribution in [-0.4, -0.2) is 25.8 Å². The topological polar surface area (TPSA) is 82.1 Å². The maximum absolute atomic E-state index is 13.7. The van der Waals surface area contributed by atoms with E-state index < -0.39 is 5.54 Å². The smallest absolute Gasteiger partial charge is 0.252 e. The van der Waals surface area contributed by atoms with E-state index in [4.69, 9.17) is 9.40 Å². The van der Waals surface area contributed by atoms with Crippen molar-refractivity contribution in [1.82, 2.24) is 19.4 Å². The van der Waals surface area contributed by atoms with E-state index >= 15 is 0 Å². The van der Waals surface area contributed by atoms with Gasteiger partial charge in [-0.25, -0.2) is 4.98 Å². The van der Waals surface area contributed by atoms with E-state index in [1.165, 1.54) is 42.3 Å². The molecule has 0 saturated heterocycles. The number of aryl methyl sites for hydroxylation is 2. The van der Waals surface area contributed by atoms with Gasteiger partial charge in [0.25, 0.3) is 5.91 Å². The Balaban J connectivity index is 1.22. The average molecular weight is 547 g/mol. The van der Waals surface area contributed by atoms with Gasteiger partial charge < -0.3 is 18.9 Å². The number of furan rings is 1. The van der Waals surface area contributed by atoms with Gasteiger partial charge in [-0.2, -0.15) is 0 Å². The highest BCUT2D eigenvalue weighted by atomic mass is 16.3. The van der Waals surface area contributed by atoms with Crippen molar-refractivity contribution in [1.29, 1.82) is 0 Å². The second-order valence-corrected chi connectivity index (χ2v) is 11.8. The Bertz CT molecular complexity index is 1840. The first-order valence-corrected chi connectivity index (χ1v) is 14.5. The van der Waals surface area contributed by atoms with Crippen LogP contribution in [0.5, 0.6) is 0 Å². The van der Waals surface area contributed by atoms with Crippen LogP contribution in [0.4, 0.5) is 0 Å². The number of ketones is 1. The molecular formula is C34H34N4O3. The molecule has 1 amide bonds. The molecule has 7 heteroatoms. The van der Waals surface area contributed by atoms with E-state index in [2.05, 4.69) is 27.6 Å². The van der Waals surface area contributed by atoms with Crippen molar-refractivity contribution >= 4 is 39.7 Å². The third-order valence-corrected chi connectivity index (χ3v) is 9.01. The van der Waals surface area contributed by atoms with Gasteiger partial charge in [0.05, 0.1) is 34.8 Å². The first-order valence-electron chi connectivity index (χ1n) is 14.5. The molecule has 2 aromatic carbocycles. The molecule has 3 aromatic heterocycles. The summed E-state index contributed by atoms with van der Waals surface area (Å²) in [4.78, 5) is 30.0. The van der Waals surface area contributed by atoms with Crippen LogP contribution in [-0.2, 0) is 24.4 Å². The maximum Gasteiger partial charge on any atom is 0.252 e. The number of carbonyl (C=O) groups excluding carboxylic acids is 2. The first-order chi connectivity index (χ1) is 19.8. The fourth-order valence-electron chi connectivity index (χ4n) is 6.75. The van der Waals surface area contributed by atoms with Gasteiger partial charge in [0.1, 0.15) is 5.82 Å². The summed E-state index contributed by atoms with van der Waals surface area (Å²) in [5.74, 6) is 1.31. The minimum absolute atomic E-state index is 0.0106. The molecule has 0 spiro atoms. The third-order valence-electron chi connectivity index (χ3n) is 9.01. The number of hydrogen-bond donors (Lipinski definition) is 1. The van der Waals surface area contributed by atoms with Crippen molar-refractivity contribution < 1.29 is 14.0 Å². The van der Waals surface area contributed by atoms with E-state index in [1.54, 1.807) is 19.3 Å². The number of nitrogens with zero attached hydrogens (tertiary/aromatic N) is 3. The number of carbonyl (C=O) groups is 2. The lowest BCUT2D eigenvalue weighted by atomic mass is 9.92. The molecule has 0 atom stereocenters. The highest BCUT2D eigenvalue weighted by molar-refractivity contribution is 6.01. The molecule has 2 saturated carbocycles. The highest BCUT2D eigenvalue weighted by Crippen LogP contribution is 2.47. The molecule has 0 radical (unpaired) electrons. The summed E-state index contributed by atoms with van der Waals surface area (Å²) in [6.07, 6.45) is 13.5. The summed E-state index contributed by atoms with van der Waals surface area (Å²) in [6, 6.07) is 14.1. The van der Waals surface area contributed by atoms with E-state index in [0.717, 1.165) is 46.3 Å². The lowest BCUT2D eigenvalue weighted by Gasteiger charge is -2.17. The minimum Gasteiger partial charge on any atom is -0.472 e. The van der Waals surface area contributed by atoms with E-state index in [9.17, 15) is 9.59 Å². The van der Waals surface area contributed by atoms with Crippen LogP contribution in [0.15, 0.2) is 65.5 Å². The quantitative estimate of drug-likeness (QED) is 0.223. The molecular weight excluding hydrogens is 512 g/mol. The van der Waals surface area contributed by atoms with Gasteiger partial charge in [0.15, 0.2) is 5.78 Å². The van der Waals surface area contributed by atoms with Crippen molar-refractivity contribution in [2.45, 2.75) is 56.9 Å². The van der Waals surface area contributed by atoms with Gasteiger partial charge in [-0.1, -0.05) is 31.1 Å². The van der Waals surface area contributed by atoms with Crippen LogP contribution >= 0.6 is 0 Å². The fraction of sp³-hybridized carbons (Fsp3) is 0.324. The molecule has 0 aliphatic heterocycles. The SMILES string of the molecule is CC(=O)/C=C/c1ccc2nc(C3(NC(=O)c4ccc5c(C6CCCC6)c(-c6ccoc6)n(C)c5c4)CC3)n(C)c2c1. The minimum atomic E-state index is -0.486. The number of imidazole rings is 1. The van der Waals surface area contributed by atoms with E-state index in [0.29, 0.717) is 11.5 Å². The monoisotopic (exact) mass is 546 g/mol. The molecule has 7 rings (SSSR count). The zero-order valence-electron chi connectivity index (χ0n) is 23.7. The summed E-state index contributed by atoms with van der Waals surface area (Å²) in [6.45, 7) is 1.54. The average Bonchev–Trinajstić information content (AvgIpc) is 3.43. The van der Waals surface area contributed by atoms with Gasteiger partial charge in [-0.05, 0) is 86.1 Å². The lowest BCUT2D eigenvalue weighted by molar-refractivity contribution is -0.112. The van der Waals surface area contributed by atoms with Crippen molar-refractivity contribution in [2.24, 2.45) is 14.1 Å². The number of amides is 1. The fourth-order valence-corrected chi connectivity index (χ4v) is 6.75. The number of allylic oxidation sites excluding steroid dienone is 1. The normalized spacial score (nSPS) is 16.8. The molecule has 2 aliphatic rings. The van der Waals surface area contributed by atoms with Crippen molar-refractivity contribution in [3.05, 3.63) is 83.6 Å². The summed E-state index contributed by atoms with van der Waals surface area (Å²) in [5, 5.41) is 4.56. The van der Waals surface area contributed by atoms with Gasteiger partial charge in [0, 0.05) is 36.1 Å². The molecule has 0 bridgehead atoms. The second-order valence-electron chi connectivity index (χ2n) is 11.8. The third kappa shape index (κ3) is 4.31. The Morgan fingerprint density at radius 1 is 1.02 bits per heavy atom. The number of fused-ring (bicyclic) bond motifs is 2. The van der Waals surface area contributed by atoms with E-state index in [1.807, 2.05) is 55.8 Å². The predicted octanol–water partition coefficient (Wildman–Crippen LogP) is 7.00. The molecule has 2 fully saturated rings. The number of nitrogens with one attached hydrogen (secondary N) is 1. The van der Waals surface area contributed by atoms with E-state index in [-0.39, 0.29) is 11.7 Å². The standard InChI is InChI=1S/C34H34N4O3/c1-21(39)8-9-22-10-13-27-29(18-22)38(3)33(35-27)34(15-16-34)36-32(40)24-11-12-26-28(19-24)37(2)31(25-14-17-41-20-25)30(26)23-6-4-5-7-23/h8-14,17-20,23H,4-7,15-16H2,1-3H3,(H,36,40)/b9-8+. The molecule has 1 N–H and O–H groups in total. The van der Waals surface area contributed by atoms with Crippen molar-refractivity contribution in [3.63, 3.8) is 0 Å². The molecule has 7 nitrogen and oxygen atoms in total. The highest BCUT2D eigenvalue weighted by Gasteiger charge is 2.49. The molecule has 0 unspecified atom stereocenters. The number of rotatable bonds is 7. The zero-order valence-corrected chi connectivity index (χ0v) is 23.7. The Morgan fingerprint density at radius 2 is 1.83 bits per heavy atom. The molecule has 5 aromatic rings. The summed E-state index contributed by atoms with van der Waals surface area (Å²) in [7, 11) is 4.08. The van der Waals surface area contributed by atoms with Gasteiger partial charge in [-0.15, -0.1) is 0 Å². The predicted molar refractivity (Wildman–Crippen MR) is 161 cm³/mol. The maximum atomic E-state index is 13.7. The van der Waals surface area contributed by atoms with Crippen LogP contribution < -0.4 is 5.32 Å². The summed E-state index contributed by atoms with van der Waals surface area (Å²) < 4.78 is 9.75. The second kappa shape index (κ2) is 9.61. The number of benzene rings is 2. The van der Waals surface area contributed by atoms with Crippen LogP contribution in [0.2, 0.25) is 0 Å². The molecule has 208 valence electrons. The first kappa shape index (κ1) is 25.6. The molecule has 3 heterocycles. The summed E-state index contributed by atoms with van der Waals surface area (Å²) in [5.41, 5.74) is 7.67. The largest absolute Gasteiger partial charge is 0.472 e. The van der Waals surface area contributed by atoms with Crippen LogP contribution in [0.1, 0.15) is 78.7 Å². The molecule has 41 heavy (non-hydrogen) atoms.